The second kappa shape index (κ2) is 8.98. The van der Waals surface area contributed by atoms with Gasteiger partial charge in [-0.05, 0) is 44.8 Å². The summed E-state index contributed by atoms with van der Waals surface area (Å²) in [7, 11) is -1.89. The van der Waals surface area contributed by atoms with Gasteiger partial charge in [-0.2, -0.15) is 0 Å². The lowest BCUT2D eigenvalue weighted by Crippen LogP contribution is -2.67. The van der Waals surface area contributed by atoms with Crippen molar-refractivity contribution in [3.05, 3.63) is 23.8 Å². The number of fused-ring (bicyclic) bond motifs is 1. The Kier molecular flexibility index (Phi) is 7.09. The van der Waals surface area contributed by atoms with E-state index in [0.29, 0.717) is 24.9 Å². The maximum Gasteiger partial charge on any atom is 0.192 e. The molecule has 31 heavy (non-hydrogen) atoms. The van der Waals surface area contributed by atoms with Gasteiger partial charge in [-0.15, -0.1) is 0 Å². The van der Waals surface area contributed by atoms with Crippen molar-refractivity contribution in [2.24, 2.45) is 0 Å². The molecule has 0 radical (unpaired) electrons. The third kappa shape index (κ3) is 5.60. The maximum atomic E-state index is 15.1. The summed E-state index contributed by atoms with van der Waals surface area (Å²) >= 11 is 0. The number of rotatable bonds is 6. The lowest BCUT2D eigenvalue weighted by Gasteiger charge is -2.52. The van der Waals surface area contributed by atoms with Crippen LogP contribution in [0.25, 0.3) is 0 Å². The van der Waals surface area contributed by atoms with E-state index in [2.05, 4.69) is 57.9 Å². The third-order valence-electron chi connectivity index (χ3n) is 7.19. The molecule has 0 aromatic heterocycles. The Morgan fingerprint density at radius 1 is 1.10 bits per heavy atom. The molecule has 1 saturated heterocycles. The second-order valence-corrected chi connectivity index (χ2v) is 16.1. The molecule has 3 rings (SSSR count). The summed E-state index contributed by atoms with van der Waals surface area (Å²) < 4.78 is 41.7. The summed E-state index contributed by atoms with van der Waals surface area (Å²) in [4.78, 5) is 2.07. The van der Waals surface area contributed by atoms with Crippen LogP contribution in [0.3, 0.4) is 0 Å². The van der Waals surface area contributed by atoms with E-state index in [0.717, 1.165) is 19.3 Å². The third-order valence-corrected chi connectivity index (χ3v) is 11.7. The minimum absolute atomic E-state index is 0.0466. The van der Waals surface area contributed by atoms with Crippen LogP contribution in [0, 0.1) is 11.6 Å². The Morgan fingerprint density at radius 3 is 2.45 bits per heavy atom. The molecule has 0 spiro atoms. The minimum atomic E-state index is -1.89. The van der Waals surface area contributed by atoms with Crippen molar-refractivity contribution in [3.8, 4) is 5.75 Å². The molecule has 2 fully saturated rings. The summed E-state index contributed by atoms with van der Waals surface area (Å²) in [6.07, 6.45) is 4.37. The van der Waals surface area contributed by atoms with Crippen molar-refractivity contribution in [1.29, 1.82) is 0 Å². The van der Waals surface area contributed by atoms with Crippen LogP contribution in [0.1, 0.15) is 60.3 Å². The highest BCUT2D eigenvalue weighted by atomic mass is 28.4. The number of hydrogen-bond acceptors (Lipinski definition) is 4. The van der Waals surface area contributed by atoms with Gasteiger partial charge < -0.3 is 19.4 Å². The number of hydrogen-bond donors (Lipinski definition) is 1. The quantitative estimate of drug-likeness (QED) is 0.431. The minimum Gasteiger partial charge on any atom is -0.488 e. The van der Waals surface area contributed by atoms with Crippen LogP contribution < -0.4 is 15.0 Å². The number of nitrogens with one attached hydrogen (secondary N) is 1. The summed E-state index contributed by atoms with van der Waals surface area (Å²) in [5, 5.41) is 3.80. The molecule has 1 aliphatic carbocycles. The Bertz CT molecular complexity index is 780. The van der Waals surface area contributed by atoms with Gasteiger partial charge in [-0.1, -0.05) is 33.6 Å². The Labute approximate surface area is 187 Å². The van der Waals surface area contributed by atoms with Crippen LogP contribution in [0.15, 0.2) is 12.1 Å². The lowest BCUT2D eigenvalue weighted by atomic mass is 9.83. The first kappa shape index (κ1) is 24.5. The molecule has 1 N–H and O–H groups in total. The van der Waals surface area contributed by atoms with Crippen LogP contribution >= 0.6 is 0 Å². The van der Waals surface area contributed by atoms with Crippen LogP contribution in [0.5, 0.6) is 5.75 Å². The van der Waals surface area contributed by atoms with Gasteiger partial charge in [0.25, 0.3) is 0 Å². The van der Waals surface area contributed by atoms with Gasteiger partial charge in [0, 0.05) is 36.3 Å². The number of ether oxygens (including phenoxy) is 1. The summed E-state index contributed by atoms with van der Waals surface area (Å²) in [6.45, 7) is 16.3. The summed E-state index contributed by atoms with van der Waals surface area (Å²) in [5.41, 5.74) is 0.186. The molecular formula is C24H40F2N2O2Si. The molecule has 2 atom stereocenters. The highest BCUT2D eigenvalue weighted by Gasteiger charge is 2.41. The fourth-order valence-electron chi connectivity index (χ4n) is 4.52. The average molecular weight is 455 g/mol. The van der Waals surface area contributed by atoms with E-state index in [1.54, 1.807) is 0 Å². The van der Waals surface area contributed by atoms with Crippen LogP contribution in [-0.2, 0) is 4.43 Å². The van der Waals surface area contributed by atoms with Gasteiger partial charge in [-0.25, -0.2) is 8.78 Å². The van der Waals surface area contributed by atoms with E-state index in [1.165, 1.54) is 18.6 Å². The van der Waals surface area contributed by atoms with Crippen molar-refractivity contribution in [2.45, 2.75) is 96.1 Å². The van der Waals surface area contributed by atoms with Gasteiger partial charge in [0.2, 0.25) is 0 Å². The molecule has 1 saturated carbocycles. The molecule has 1 aromatic carbocycles. The molecule has 7 heteroatoms. The fraction of sp³-hybridized carbons (Fsp3) is 0.750. The topological polar surface area (TPSA) is 33.7 Å². The maximum absolute atomic E-state index is 15.1. The molecule has 1 aliphatic heterocycles. The molecule has 4 nitrogen and oxygen atoms in total. The van der Waals surface area contributed by atoms with Crippen molar-refractivity contribution in [1.82, 2.24) is 5.32 Å². The smallest absolute Gasteiger partial charge is 0.192 e. The Hall–Kier alpha value is -1.18. The van der Waals surface area contributed by atoms with Crippen molar-refractivity contribution in [2.75, 3.05) is 24.7 Å². The van der Waals surface area contributed by atoms with E-state index >= 15 is 4.39 Å². The van der Waals surface area contributed by atoms with Gasteiger partial charge in [0.05, 0.1) is 12.3 Å². The molecule has 0 bridgehead atoms. The molecule has 2 aliphatic rings. The normalized spacial score (nSPS) is 24.1. The van der Waals surface area contributed by atoms with Crippen LogP contribution in [0.2, 0.25) is 18.1 Å². The van der Waals surface area contributed by atoms with Crippen molar-refractivity contribution >= 4 is 14.0 Å². The standard InChI is InChI=1S/C24H40F2N2O2Si/c1-23(2,3)31(6,7)30-13-12-29-22-15-17(25)21(14-18(22)26)28-16-24(4,5)27-19-10-8-9-11-20(19)28/h14-15,19-20,27H,8-13,16H2,1-7H3/t19-,20+/m1/s1. The van der Waals surface area contributed by atoms with Gasteiger partial charge >= 0.3 is 0 Å². The molecule has 0 unspecified atom stereocenters. The monoisotopic (exact) mass is 454 g/mol. The molecular weight excluding hydrogens is 414 g/mol. The summed E-state index contributed by atoms with van der Waals surface area (Å²) in [6, 6.07) is 3.01. The second-order valence-electron chi connectivity index (χ2n) is 11.3. The SMILES string of the molecule is CC1(C)CN(c2cc(F)c(OCCO[Si](C)(C)C(C)(C)C)cc2F)[C@H]2CCCC[C@H]2N1. The van der Waals surface area contributed by atoms with Crippen molar-refractivity contribution < 1.29 is 17.9 Å². The first-order valence-electron chi connectivity index (χ1n) is 11.6. The molecule has 0 amide bonds. The predicted molar refractivity (Wildman–Crippen MR) is 126 cm³/mol. The Morgan fingerprint density at radius 2 is 1.77 bits per heavy atom. The zero-order valence-electron chi connectivity index (χ0n) is 20.3. The van der Waals surface area contributed by atoms with Crippen LogP contribution in [0.4, 0.5) is 14.5 Å². The first-order chi connectivity index (χ1) is 14.3. The number of nitrogens with zero attached hydrogens (tertiary/aromatic N) is 1. The Balaban J connectivity index is 1.70. The van der Waals surface area contributed by atoms with E-state index in [9.17, 15) is 4.39 Å². The zero-order valence-corrected chi connectivity index (χ0v) is 21.3. The van der Waals surface area contributed by atoms with E-state index in [-0.39, 0.29) is 29.0 Å². The lowest BCUT2D eigenvalue weighted by molar-refractivity contribution is 0.195. The van der Waals surface area contributed by atoms with Crippen LogP contribution in [-0.4, -0.2) is 45.7 Å². The van der Waals surface area contributed by atoms with Gasteiger partial charge in [0.1, 0.15) is 12.4 Å². The van der Waals surface area contributed by atoms with Gasteiger partial charge in [0.15, 0.2) is 19.9 Å². The van der Waals surface area contributed by atoms with Crippen molar-refractivity contribution in [3.63, 3.8) is 0 Å². The largest absolute Gasteiger partial charge is 0.488 e. The van der Waals surface area contributed by atoms with E-state index in [4.69, 9.17) is 9.16 Å². The predicted octanol–water partition coefficient (Wildman–Crippen LogP) is 5.86. The first-order valence-corrected chi connectivity index (χ1v) is 14.5. The highest BCUT2D eigenvalue weighted by molar-refractivity contribution is 6.74. The highest BCUT2D eigenvalue weighted by Crippen LogP contribution is 2.38. The average Bonchev–Trinajstić information content (AvgIpc) is 2.65. The number of piperazine rings is 1. The fourth-order valence-corrected chi connectivity index (χ4v) is 5.55. The van der Waals surface area contributed by atoms with E-state index < -0.39 is 20.0 Å². The van der Waals surface area contributed by atoms with E-state index in [1.807, 2.05) is 0 Å². The molecule has 1 heterocycles. The number of halogens is 2. The van der Waals surface area contributed by atoms with Gasteiger partial charge in [-0.3, -0.25) is 0 Å². The summed E-state index contributed by atoms with van der Waals surface area (Å²) in [5.74, 6) is -0.995. The molecule has 176 valence electrons. The zero-order chi connectivity index (χ0) is 23.0. The number of benzene rings is 1. The molecule has 1 aromatic rings. The number of anilines is 1.